The Morgan fingerprint density at radius 2 is 1.32 bits per heavy atom. The lowest BCUT2D eigenvalue weighted by atomic mass is 9.57. The predicted molar refractivity (Wildman–Crippen MR) is 153 cm³/mol. The molecule has 40 heavy (non-hydrogen) atoms. The number of nitrogens with zero attached hydrogens (tertiary/aromatic N) is 1. The van der Waals surface area contributed by atoms with Gasteiger partial charge in [-0.15, -0.1) is 0 Å². The summed E-state index contributed by atoms with van der Waals surface area (Å²) in [6.07, 6.45) is 0. The number of hydrogen-bond donors (Lipinski definition) is 1. The zero-order chi connectivity index (χ0) is 27.5. The van der Waals surface area contributed by atoms with Gasteiger partial charge in [0.2, 0.25) is 0 Å². The van der Waals surface area contributed by atoms with Crippen molar-refractivity contribution < 1.29 is 19.2 Å². The topological polar surface area (TPSA) is 77.0 Å². The minimum atomic E-state index is -1.43. The molecule has 6 nitrogen and oxygen atoms in total. The summed E-state index contributed by atoms with van der Waals surface area (Å²) in [4.78, 5) is 33.9. The van der Waals surface area contributed by atoms with Crippen LogP contribution in [0.5, 0.6) is 0 Å². The van der Waals surface area contributed by atoms with E-state index in [1.165, 1.54) is 0 Å². The standard InChI is InChI=1S/C34H28N2O4/c1-2-39-32(37)27-28(23-15-7-3-8-16-23)34(31(36-40-33(34)38)26-21-13-6-14-22-26)30(25-19-11-5-12-20-25)35-29(27)24-17-9-4-10-18-24/h3-22,28,30,35H,2H2,1H3/t28-,30-,34-/m1/s1. The van der Waals surface area contributed by atoms with Gasteiger partial charge in [0.1, 0.15) is 5.71 Å². The number of rotatable bonds is 6. The molecule has 0 aromatic heterocycles. The highest BCUT2D eigenvalue weighted by Gasteiger charge is 2.65. The Hall–Kier alpha value is -4.97. The second-order valence-electron chi connectivity index (χ2n) is 9.76. The molecule has 2 aliphatic heterocycles. The quantitative estimate of drug-likeness (QED) is 0.244. The summed E-state index contributed by atoms with van der Waals surface area (Å²) < 4.78 is 5.68. The van der Waals surface area contributed by atoms with Crippen molar-refractivity contribution in [2.24, 2.45) is 10.6 Å². The summed E-state index contributed by atoms with van der Waals surface area (Å²) >= 11 is 0. The van der Waals surface area contributed by atoms with Crippen LogP contribution in [0.4, 0.5) is 0 Å². The molecule has 6 rings (SSSR count). The molecule has 2 aliphatic rings. The molecule has 4 aromatic carbocycles. The number of ether oxygens (including phenoxy) is 1. The summed E-state index contributed by atoms with van der Waals surface area (Å²) in [5.41, 5.74) is 3.20. The molecule has 2 heterocycles. The van der Waals surface area contributed by atoms with Gasteiger partial charge in [0, 0.05) is 11.5 Å². The second-order valence-corrected chi connectivity index (χ2v) is 9.76. The lowest BCUT2D eigenvalue weighted by Gasteiger charge is -2.47. The Kier molecular flexibility index (Phi) is 6.74. The third kappa shape index (κ3) is 4.09. The van der Waals surface area contributed by atoms with E-state index in [-0.39, 0.29) is 6.61 Å². The van der Waals surface area contributed by atoms with Crippen molar-refractivity contribution in [3.63, 3.8) is 0 Å². The van der Waals surface area contributed by atoms with Crippen molar-refractivity contribution >= 4 is 23.3 Å². The highest BCUT2D eigenvalue weighted by Crippen LogP contribution is 2.58. The smallest absolute Gasteiger partial charge is 0.350 e. The molecular formula is C34H28N2O4. The fourth-order valence-corrected chi connectivity index (χ4v) is 5.95. The van der Waals surface area contributed by atoms with Gasteiger partial charge in [0.05, 0.1) is 23.9 Å². The molecule has 0 unspecified atom stereocenters. The number of esters is 1. The van der Waals surface area contributed by atoms with Crippen LogP contribution in [0.2, 0.25) is 0 Å². The van der Waals surface area contributed by atoms with Crippen LogP contribution in [0.15, 0.2) is 132 Å². The maximum absolute atomic E-state index is 14.3. The number of nitrogens with one attached hydrogen (secondary N) is 1. The zero-order valence-electron chi connectivity index (χ0n) is 22.0. The zero-order valence-corrected chi connectivity index (χ0v) is 22.0. The summed E-state index contributed by atoms with van der Waals surface area (Å²) in [5.74, 6) is -1.81. The van der Waals surface area contributed by atoms with Crippen molar-refractivity contribution in [2.75, 3.05) is 6.61 Å². The Morgan fingerprint density at radius 1 is 0.800 bits per heavy atom. The first-order valence-electron chi connectivity index (χ1n) is 13.3. The third-order valence-corrected chi connectivity index (χ3v) is 7.58. The number of oxime groups is 1. The molecule has 0 radical (unpaired) electrons. The van der Waals surface area contributed by atoms with Crippen molar-refractivity contribution in [1.82, 2.24) is 5.32 Å². The van der Waals surface area contributed by atoms with Gasteiger partial charge in [-0.3, -0.25) is 0 Å². The SMILES string of the molecule is CCOC(=O)C1=C(c2ccccc2)N[C@H](c2ccccc2)[C@]2(C(=O)ON=C2c2ccccc2)[C@@H]1c1ccccc1. The van der Waals surface area contributed by atoms with Crippen LogP contribution in [0, 0.1) is 5.41 Å². The van der Waals surface area contributed by atoms with Gasteiger partial charge in [-0.25, -0.2) is 9.59 Å². The first-order valence-corrected chi connectivity index (χ1v) is 13.3. The minimum Gasteiger partial charge on any atom is -0.463 e. The van der Waals surface area contributed by atoms with E-state index < -0.39 is 29.3 Å². The highest BCUT2D eigenvalue weighted by molar-refractivity contribution is 6.21. The molecule has 0 fully saturated rings. The van der Waals surface area contributed by atoms with Crippen molar-refractivity contribution in [1.29, 1.82) is 0 Å². The first kappa shape index (κ1) is 25.3. The number of benzene rings is 4. The predicted octanol–water partition coefficient (Wildman–Crippen LogP) is 6.04. The van der Waals surface area contributed by atoms with Crippen LogP contribution >= 0.6 is 0 Å². The molecule has 0 saturated carbocycles. The molecule has 3 atom stereocenters. The van der Waals surface area contributed by atoms with Gasteiger partial charge >= 0.3 is 11.9 Å². The van der Waals surface area contributed by atoms with Gasteiger partial charge in [0.15, 0.2) is 5.41 Å². The van der Waals surface area contributed by atoms with Crippen LogP contribution in [0.1, 0.15) is 41.1 Å². The third-order valence-electron chi connectivity index (χ3n) is 7.58. The maximum atomic E-state index is 14.3. The normalized spacial score (nSPS) is 21.9. The Balaban J connectivity index is 1.74. The lowest BCUT2D eigenvalue weighted by molar-refractivity contribution is -0.151. The first-order chi connectivity index (χ1) is 19.7. The monoisotopic (exact) mass is 528 g/mol. The Morgan fingerprint density at radius 3 is 1.90 bits per heavy atom. The van der Waals surface area contributed by atoms with Gasteiger partial charge < -0.3 is 14.9 Å². The molecule has 1 N–H and O–H groups in total. The van der Waals surface area contributed by atoms with Crippen LogP contribution in [-0.4, -0.2) is 24.3 Å². The molecule has 0 amide bonds. The largest absolute Gasteiger partial charge is 0.463 e. The minimum absolute atomic E-state index is 0.186. The lowest BCUT2D eigenvalue weighted by Crippen LogP contribution is -2.55. The molecule has 0 saturated heterocycles. The second kappa shape index (κ2) is 10.7. The van der Waals surface area contributed by atoms with Crippen LogP contribution in [-0.2, 0) is 19.2 Å². The van der Waals surface area contributed by atoms with E-state index in [1.54, 1.807) is 6.92 Å². The van der Waals surface area contributed by atoms with E-state index >= 15 is 0 Å². The molecule has 4 aromatic rings. The molecular weight excluding hydrogens is 500 g/mol. The summed E-state index contributed by atoms with van der Waals surface area (Å²) in [6, 6.07) is 38.0. The molecule has 6 heteroatoms. The van der Waals surface area contributed by atoms with E-state index in [1.807, 2.05) is 121 Å². The van der Waals surface area contributed by atoms with Gasteiger partial charge in [0.25, 0.3) is 0 Å². The van der Waals surface area contributed by atoms with Gasteiger partial charge in [-0.05, 0) is 23.6 Å². The van der Waals surface area contributed by atoms with Crippen LogP contribution in [0.3, 0.4) is 0 Å². The molecule has 1 spiro atoms. The van der Waals surface area contributed by atoms with E-state index in [0.29, 0.717) is 17.0 Å². The van der Waals surface area contributed by atoms with Gasteiger partial charge in [-0.1, -0.05) is 126 Å². The fourth-order valence-electron chi connectivity index (χ4n) is 5.95. The number of carbonyl (C=O) groups is 2. The fraction of sp³-hybridized carbons (Fsp3) is 0.147. The summed E-state index contributed by atoms with van der Waals surface area (Å²) in [5, 5.41) is 8.04. The van der Waals surface area contributed by atoms with Gasteiger partial charge in [-0.2, -0.15) is 0 Å². The summed E-state index contributed by atoms with van der Waals surface area (Å²) in [7, 11) is 0. The molecule has 198 valence electrons. The van der Waals surface area contributed by atoms with E-state index in [2.05, 4.69) is 10.5 Å². The Labute approximate surface area is 233 Å². The van der Waals surface area contributed by atoms with Crippen molar-refractivity contribution in [2.45, 2.75) is 18.9 Å². The average molecular weight is 529 g/mol. The highest BCUT2D eigenvalue weighted by atomic mass is 16.7. The van der Waals surface area contributed by atoms with Crippen LogP contribution < -0.4 is 5.32 Å². The van der Waals surface area contributed by atoms with E-state index in [4.69, 9.17) is 9.57 Å². The van der Waals surface area contributed by atoms with Crippen molar-refractivity contribution in [3.8, 4) is 0 Å². The van der Waals surface area contributed by atoms with Crippen molar-refractivity contribution in [3.05, 3.63) is 149 Å². The maximum Gasteiger partial charge on any atom is 0.350 e. The number of carbonyl (C=O) groups excluding carboxylic acids is 2. The summed E-state index contributed by atoms with van der Waals surface area (Å²) in [6.45, 7) is 1.96. The van der Waals surface area contributed by atoms with Crippen LogP contribution in [0.25, 0.3) is 5.70 Å². The number of hydrogen-bond acceptors (Lipinski definition) is 6. The molecule has 0 aliphatic carbocycles. The molecule has 0 bridgehead atoms. The van der Waals surface area contributed by atoms with E-state index in [9.17, 15) is 9.59 Å². The Bertz CT molecular complexity index is 1580. The van der Waals surface area contributed by atoms with E-state index in [0.717, 1.165) is 22.3 Å². The average Bonchev–Trinajstić information content (AvgIpc) is 3.35.